The third-order valence-electron chi connectivity index (χ3n) is 6.04. The van der Waals surface area contributed by atoms with Crippen LogP contribution in [0.3, 0.4) is 0 Å². The van der Waals surface area contributed by atoms with Gasteiger partial charge >= 0.3 is 0 Å². The van der Waals surface area contributed by atoms with Gasteiger partial charge in [0.25, 0.3) is 0 Å². The third-order valence-corrected chi connectivity index (χ3v) is 6.04. The van der Waals surface area contributed by atoms with Gasteiger partial charge in [0.05, 0.1) is 25.4 Å². The fourth-order valence-electron chi connectivity index (χ4n) is 4.08. The fraction of sp³-hybridized carbons (Fsp3) is 0.357. The van der Waals surface area contributed by atoms with E-state index in [0.717, 1.165) is 43.6 Å². The van der Waals surface area contributed by atoms with Gasteiger partial charge in [-0.15, -0.1) is 0 Å². The molecule has 3 nitrogen and oxygen atoms in total. The van der Waals surface area contributed by atoms with E-state index in [-0.39, 0.29) is 11.5 Å². The maximum Gasteiger partial charge on any atom is 0.194 e. The molecule has 1 aliphatic rings. The van der Waals surface area contributed by atoms with Crippen molar-refractivity contribution in [1.29, 1.82) is 0 Å². The number of hydrogen-bond donors (Lipinski definition) is 0. The number of benzene rings is 3. The van der Waals surface area contributed by atoms with E-state index in [1.807, 2.05) is 0 Å². The smallest absolute Gasteiger partial charge is 0.194 e. The van der Waals surface area contributed by atoms with Gasteiger partial charge in [-0.25, -0.2) is 22.0 Å². The summed E-state index contributed by atoms with van der Waals surface area (Å²) in [7, 11) is 0. The Morgan fingerprint density at radius 2 is 1.33 bits per heavy atom. The molecule has 36 heavy (non-hydrogen) atoms. The molecule has 1 aliphatic heterocycles. The summed E-state index contributed by atoms with van der Waals surface area (Å²) in [6.45, 7) is 4.46. The van der Waals surface area contributed by atoms with Gasteiger partial charge in [-0.05, 0) is 47.4 Å². The van der Waals surface area contributed by atoms with E-state index in [1.54, 1.807) is 24.3 Å². The van der Waals surface area contributed by atoms with Gasteiger partial charge in [-0.1, -0.05) is 44.0 Å². The highest BCUT2D eigenvalue weighted by Gasteiger charge is 2.24. The second kappa shape index (κ2) is 12.0. The molecule has 8 heteroatoms. The molecule has 0 unspecified atom stereocenters. The summed E-state index contributed by atoms with van der Waals surface area (Å²) in [5.41, 5.74) is 0.444. The quantitative estimate of drug-likeness (QED) is 0.170. The van der Waals surface area contributed by atoms with Gasteiger partial charge in [-0.3, -0.25) is 0 Å². The number of hydrogen-bond acceptors (Lipinski definition) is 3. The van der Waals surface area contributed by atoms with E-state index in [9.17, 15) is 22.0 Å². The Morgan fingerprint density at radius 3 is 1.92 bits per heavy atom. The van der Waals surface area contributed by atoms with Crippen molar-refractivity contribution in [3.05, 3.63) is 83.2 Å². The first kappa shape index (κ1) is 26.3. The maximum absolute atomic E-state index is 14.8. The highest BCUT2D eigenvalue weighted by Crippen LogP contribution is 2.33. The molecule has 0 amide bonds. The third kappa shape index (κ3) is 6.11. The molecule has 1 fully saturated rings. The Morgan fingerprint density at radius 1 is 0.750 bits per heavy atom. The summed E-state index contributed by atoms with van der Waals surface area (Å²) in [5, 5.41) is 0. The molecule has 4 rings (SSSR count). The van der Waals surface area contributed by atoms with Crippen LogP contribution in [0.2, 0.25) is 0 Å². The van der Waals surface area contributed by atoms with Gasteiger partial charge in [0.2, 0.25) is 0 Å². The zero-order valence-electron chi connectivity index (χ0n) is 19.8. The van der Waals surface area contributed by atoms with Crippen molar-refractivity contribution in [3.63, 3.8) is 0 Å². The Balaban J connectivity index is 1.41. The lowest BCUT2D eigenvalue weighted by Gasteiger charge is -2.29. The summed E-state index contributed by atoms with van der Waals surface area (Å²) < 4.78 is 87.2. The summed E-state index contributed by atoms with van der Waals surface area (Å²) in [5.74, 6) is -6.64. The summed E-state index contributed by atoms with van der Waals surface area (Å²) in [6.07, 6.45) is 2.79. The Hall–Kier alpha value is -2.81. The molecule has 0 atom stereocenters. The lowest BCUT2D eigenvalue weighted by Crippen LogP contribution is -2.30. The van der Waals surface area contributed by atoms with Crippen LogP contribution in [-0.4, -0.2) is 26.4 Å². The van der Waals surface area contributed by atoms with Crippen LogP contribution in [0.5, 0.6) is 0 Å². The van der Waals surface area contributed by atoms with E-state index in [0.29, 0.717) is 37.5 Å². The molecular weight excluding hydrogens is 479 g/mol. The summed E-state index contributed by atoms with van der Waals surface area (Å²) in [6, 6.07) is 10.1. The zero-order valence-corrected chi connectivity index (χ0v) is 19.8. The Labute approximate surface area is 206 Å². The number of halogens is 5. The molecule has 3 aromatic carbocycles. The minimum atomic E-state index is -1.70. The normalized spacial score (nSPS) is 17.9. The minimum Gasteiger partial charge on any atom is -0.381 e. The van der Waals surface area contributed by atoms with E-state index in [1.165, 1.54) is 0 Å². The molecule has 0 aromatic heterocycles. The van der Waals surface area contributed by atoms with Gasteiger partial charge in [0.15, 0.2) is 23.7 Å². The van der Waals surface area contributed by atoms with Crippen molar-refractivity contribution in [2.75, 3.05) is 26.4 Å². The average molecular weight is 507 g/mol. The van der Waals surface area contributed by atoms with Crippen molar-refractivity contribution < 1.29 is 36.2 Å². The minimum absolute atomic E-state index is 0.162. The molecule has 0 radical (unpaired) electrons. The van der Waals surface area contributed by atoms with Gasteiger partial charge in [-0.2, -0.15) is 0 Å². The molecule has 1 heterocycles. The standard InChI is InChI=1S/C28H27F5O3/c1-2-3-4-9-34-14-17-15-35-28(36-16-17)19-7-5-18(6-8-19)20-10-22(29)26(23(30)11-20)21-12-24(31)27(33)25(32)13-21/h5-8,10-13,17,28H,2-4,9,14-16H2,1H3. The first-order valence-corrected chi connectivity index (χ1v) is 11.9. The van der Waals surface area contributed by atoms with Crippen molar-refractivity contribution in [2.24, 2.45) is 5.92 Å². The molecule has 1 saturated heterocycles. The molecule has 192 valence electrons. The SMILES string of the molecule is CCCCCOCC1COC(c2ccc(-c3cc(F)c(-c4cc(F)c(F)c(F)c4)c(F)c3)cc2)OC1. The van der Waals surface area contributed by atoms with Crippen LogP contribution < -0.4 is 0 Å². The first-order chi connectivity index (χ1) is 17.4. The average Bonchev–Trinajstić information content (AvgIpc) is 2.87. The topological polar surface area (TPSA) is 27.7 Å². The van der Waals surface area contributed by atoms with Crippen molar-refractivity contribution in [1.82, 2.24) is 0 Å². The summed E-state index contributed by atoms with van der Waals surface area (Å²) in [4.78, 5) is 0. The predicted octanol–water partition coefficient (Wildman–Crippen LogP) is 7.58. The van der Waals surface area contributed by atoms with Crippen molar-refractivity contribution in [3.8, 4) is 22.3 Å². The van der Waals surface area contributed by atoms with Crippen LogP contribution in [-0.2, 0) is 14.2 Å². The zero-order chi connectivity index (χ0) is 25.7. The van der Waals surface area contributed by atoms with E-state index in [2.05, 4.69) is 6.92 Å². The summed E-state index contributed by atoms with van der Waals surface area (Å²) >= 11 is 0. The molecular formula is C28H27F5O3. The number of ether oxygens (including phenoxy) is 3. The van der Waals surface area contributed by atoms with Crippen LogP contribution in [0.15, 0.2) is 48.5 Å². The second-order valence-corrected chi connectivity index (χ2v) is 8.84. The van der Waals surface area contributed by atoms with Gasteiger partial charge in [0, 0.05) is 18.1 Å². The van der Waals surface area contributed by atoms with Crippen LogP contribution in [0.25, 0.3) is 22.3 Å². The van der Waals surface area contributed by atoms with Crippen LogP contribution in [0.4, 0.5) is 22.0 Å². The van der Waals surface area contributed by atoms with Crippen LogP contribution in [0.1, 0.15) is 38.0 Å². The molecule has 0 spiro atoms. The largest absolute Gasteiger partial charge is 0.381 e. The number of unbranched alkanes of at least 4 members (excludes halogenated alkanes) is 2. The molecule has 0 bridgehead atoms. The van der Waals surface area contributed by atoms with E-state index >= 15 is 0 Å². The predicted molar refractivity (Wildman–Crippen MR) is 126 cm³/mol. The van der Waals surface area contributed by atoms with Crippen molar-refractivity contribution >= 4 is 0 Å². The van der Waals surface area contributed by atoms with Gasteiger partial charge in [0.1, 0.15) is 11.6 Å². The fourth-order valence-corrected chi connectivity index (χ4v) is 4.08. The molecule has 0 saturated carbocycles. The Bertz CT molecular complexity index is 1130. The second-order valence-electron chi connectivity index (χ2n) is 8.84. The van der Waals surface area contributed by atoms with E-state index < -0.39 is 46.5 Å². The first-order valence-electron chi connectivity index (χ1n) is 11.9. The Kier molecular flexibility index (Phi) is 8.72. The maximum atomic E-state index is 14.8. The lowest BCUT2D eigenvalue weighted by molar-refractivity contribution is -0.212. The van der Waals surface area contributed by atoms with Gasteiger partial charge < -0.3 is 14.2 Å². The highest BCUT2D eigenvalue weighted by atomic mass is 19.2. The van der Waals surface area contributed by atoms with Crippen LogP contribution in [0, 0.1) is 35.0 Å². The molecule has 3 aromatic rings. The van der Waals surface area contributed by atoms with E-state index in [4.69, 9.17) is 14.2 Å². The monoisotopic (exact) mass is 506 g/mol. The highest BCUT2D eigenvalue weighted by molar-refractivity contribution is 5.72. The molecule has 0 N–H and O–H groups in total. The number of rotatable bonds is 9. The van der Waals surface area contributed by atoms with Crippen LogP contribution >= 0.6 is 0 Å². The lowest BCUT2D eigenvalue weighted by atomic mass is 9.98. The van der Waals surface area contributed by atoms with Crippen molar-refractivity contribution in [2.45, 2.75) is 32.5 Å². The molecule has 0 aliphatic carbocycles.